The van der Waals surface area contributed by atoms with Crippen molar-refractivity contribution >= 4 is 28.9 Å². The molecule has 1 unspecified atom stereocenters. The molecular weight excluding hydrogens is 302 g/mol. The molecule has 1 amide bonds. The van der Waals surface area contributed by atoms with Crippen molar-refractivity contribution in [3.05, 3.63) is 47.2 Å². The Morgan fingerprint density at radius 1 is 1.36 bits per heavy atom. The quantitative estimate of drug-likeness (QED) is 0.828. The van der Waals surface area contributed by atoms with Gasteiger partial charge in [0.05, 0.1) is 12.8 Å². The van der Waals surface area contributed by atoms with Crippen LogP contribution in [0, 0.1) is 6.92 Å². The van der Waals surface area contributed by atoms with Gasteiger partial charge >= 0.3 is 0 Å². The first kappa shape index (κ1) is 16.1. The van der Waals surface area contributed by atoms with Gasteiger partial charge in [0, 0.05) is 11.9 Å². The third kappa shape index (κ3) is 3.89. The summed E-state index contributed by atoms with van der Waals surface area (Å²) in [6, 6.07) is 8.65. The number of ether oxygens (including phenoxy) is 1. The molecule has 22 heavy (non-hydrogen) atoms. The van der Waals surface area contributed by atoms with Gasteiger partial charge in [0.15, 0.2) is 5.15 Å². The number of nitrogens with zero attached hydrogens (tertiary/aromatic N) is 1. The minimum Gasteiger partial charge on any atom is -0.496 e. The lowest BCUT2D eigenvalue weighted by molar-refractivity contribution is -0.116. The average molecular weight is 320 g/mol. The fraction of sp³-hybridized carbons (Fsp3) is 0.250. The number of halogens is 1. The maximum Gasteiger partial charge on any atom is 0.246 e. The second-order valence-electron chi connectivity index (χ2n) is 4.88. The molecule has 2 rings (SSSR count). The zero-order valence-electron chi connectivity index (χ0n) is 12.7. The highest BCUT2D eigenvalue weighted by Crippen LogP contribution is 2.22. The van der Waals surface area contributed by atoms with E-state index in [2.05, 4.69) is 15.6 Å². The highest BCUT2D eigenvalue weighted by atomic mass is 35.5. The summed E-state index contributed by atoms with van der Waals surface area (Å²) in [6.07, 6.45) is 1.57. The number of amides is 1. The van der Waals surface area contributed by atoms with Gasteiger partial charge in [-0.1, -0.05) is 11.6 Å². The van der Waals surface area contributed by atoms with E-state index >= 15 is 0 Å². The Hall–Kier alpha value is -2.27. The molecule has 1 aromatic heterocycles. The van der Waals surface area contributed by atoms with E-state index in [0.717, 1.165) is 17.0 Å². The van der Waals surface area contributed by atoms with Crippen molar-refractivity contribution in [2.45, 2.75) is 19.9 Å². The van der Waals surface area contributed by atoms with Gasteiger partial charge in [-0.05, 0) is 49.7 Å². The Balaban J connectivity index is 2.02. The predicted octanol–water partition coefficient (Wildman–Crippen LogP) is 3.49. The molecule has 0 aliphatic rings. The third-order valence-electron chi connectivity index (χ3n) is 3.19. The molecule has 0 saturated heterocycles. The maximum atomic E-state index is 12.2. The number of carbonyl (C=O) groups excluding carboxylic acids is 1. The molecule has 1 heterocycles. The fourth-order valence-electron chi connectivity index (χ4n) is 2.00. The lowest BCUT2D eigenvalue weighted by atomic mass is 10.2. The van der Waals surface area contributed by atoms with Crippen LogP contribution in [0.4, 0.5) is 11.4 Å². The molecule has 116 valence electrons. The zero-order valence-corrected chi connectivity index (χ0v) is 13.4. The maximum absolute atomic E-state index is 12.2. The summed E-state index contributed by atoms with van der Waals surface area (Å²) < 4.78 is 5.22. The number of pyridine rings is 1. The molecule has 1 atom stereocenters. The van der Waals surface area contributed by atoms with Crippen molar-refractivity contribution < 1.29 is 9.53 Å². The van der Waals surface area contributed by atoms with Crippen LogP contribution in [0.15, 0.2) is 36.5 Å². The van der Waals surface area contributed by atoms with Crippen LogP contribution in [-0.2, 0) is 4.79 Å². The van der Waals surface area contributed by atoms with Crippen LogP contribution in [0.2, 0.25) is 5.15 Å². The standard InChI is InChI=1S/C16H18ClN3O2/c1-10-9-12(6-7-14(10)22-3)19-11(2)16(21)20-13-5-4-8-18-15(13)17/h4-9,11,19H,1-3H3,(H,20,21). The predicted molar refractivity (Wildman–Crippen MR) is 88.7 cm³/mol. The largest absolute Gasteiger partial charge is 0.496 e. The molecule has 0 aliphatic heterocycles. The minimum absolute atomic E-state index is 0.191. The molecule has 0 aliphatic carbocycles. The molecule has 5 nitrogen and oxygen atoms in total. The number of carbonyl (C=O) groups is 1. The molecule has 0 radical (unpaired) electrons. The number of hydrogen-bond donors (Lipinski definition) is 2. The third-order valence-corrected chi connectivity index (χ3v) is 3.49. The van der Waals surface area contributed by atoms with Gasteiger partial charge in [-0.2, -0.15) is 0 Å². The second-order valence-corrected chi connectivity index (χ2v) is 5.24. The fourth-order valence-corrected chi connectivity index (χ4v) is 2.17. The SMILES string of the molecule is COc1ccc(NC(C)C(=O)Nc2cccnc2Cl)cc1C. The van der Waals surface area contributed by atoms with Crippen molar-refractivity contribution in [1.82, 2.24) is 4.98 Å². The van der Waals surface area contributed by atoms with Gasteiger partial charge < -0.3 is 15.4 Å². The highest BCUT2D eigenvalue weighted by molar-refractivity contribution is 6.32. The van der Waals surface area contributed by atoms with Crippen LogP contribution in [0.3, 0.4) is 0 Å². The van der Waals surface area contributed by atoms with Crippen LogP contribution in [0.5, 0.6) is 5.75 Å². The van der Waals surface area contributed by atoms with E-state index < -0.39 is 6.04 Å². The lowest BCUT2D eigenvalue weighted by Crippen LogP contribution is -2.32. The number of rotatable bonds is 5. The number of hydrogen-bond acceptors (Lipinski definition) is 4. The number of benzene rings is 1. The molecule has 2 N–H and O–H groups in total. The van der Waals surface area contributed by atoms with Gasteiger partial charge in [-0.3, -0.25) is 4.79 Å². The first-order valence-corrected chi connectivity index (χ1v) is 7.21. The monoisotopic (exact) mass is 319 g/mol. The number of methoxy groups -OCH3 is 1. The van der Waals surface area contributed by atoms with Gasteiger partial charge in [0.1, 0.15) is 11.8 Å². The number of nitrogens with one attached hydrogen (secondary N) is 2. The van der Waals surface area contributed by atoms with E-state index in [0.29, 0.717) is 5.69 Å². The summed E-state index contributed by atoms with van der Waals surface area (Å²) >= 11 is 5.93. The smallest absolute Gasteiger partial charge is 0.246 e. The van der Waals surface area contributed by atoms with Crippen molar-refractivity contribution in [3.8, 4) is 5.75 Å². The van der Waals surface area contributed by atoms with Crippen molar-refractivity contribution in [2.24, 2.45) is 0 Å². The van der Waals surface area contributed by atoms with Crippen molar-refractivity contribution in [3.63, 3.8) is 0 Å². The normalized spacial score (nSPS) is 11.6. The zero-order chi connectivity index (χ0) is 16.1. The van der Waals surface area contributed by atoms with E-state index in [1.54, 1.807) is 32.4 Å². The van der Waals surface area contributed by atoms with Gasteiger partial charge in [-0.25, -0.2) is 4.98 Å². The van der Waals surface area contributed by atoms with Gasteiger partial charge in [0.25, 0.3) is 0 Å². The Bertz CT molecular complexity index is 676. The van der Waals surface area contributed by atoms with E-state index in [4.69, 9.17) is 16.3 Å². The van der Waals surface area contributed by atoms with Crippen molar-refractivity contribution in [1.29, 1.82) is 0 Å². The van der Waals surface area contributed by atoms with Crippen LogP contribution in [0.1, 0.15) is 12.5 Å². The summed E-state index contributed by atoms with van der Waals surface area (Å²) in [5.41, 5.74) is 2.34. The number of anilines is 2. The number of aromatic nitrogens is 1. The molecule has 2 aromatic rings. The summed E-state index contributed by atoms with van der Waals surface area (Å²) in [7, 11) is 1.63. The summed E-state index contributed by atoms with van der Waals surface area (Å²) in [4.78, 5) is 16.1. The average Bonchev–Trinajstić information content (AvgIpc) is 2.49. The van der Waals surface area contributed by atoms with E-state index in [9.17, 15) is 4.79 Å². The Labute approximate surface area is 134 Å². The van der Waals surface area contributed by atoms with Crippen LogP contribution < -0.4 is 15.4 Å². The topological polar surface area (TPSA) is 63.2 Å². The first-order valence-electron chi connectivity index (χ1n) is 6.84. The van der Waals surface area contributed by atoms with E-state index in [-0.39, 0.29) is 11.1 Å². The Morgan fingerprint density at radius 3 is 2.77 bits per heavy atom. The molecule has 1 aromatic carbocycles. The second kappa shape index (κ2) is 7.13. The summed E-state index contributed by atoms with van der Waals surface area (Å²) in [5.74, 6) is 0.619. The molecule has 0 saturated carbocycles. The molecule has 0 fully saturated rings. The van der Waals surface area contributed by atoms with Gasteiger partial charge in [0.2, 0.25) is 5.91 Å². The van der Waals surface area contributed by atoms with E-state index in [1.165, 1.54) is 0 Å². The molecule has 0 spiro atoms. The lowest BCUT2D eigenvalue weighted by Gasteiger charge is -2.16. The van der Waals surface area contributed by atoms with E-state index in [1.807, 2.05) is 25.1 Å². The number of aryl methyl sites for hydroxylation is 1. The van der Waals surface area contributed by atoms with Crippen molar-refractivity contribution in [2.75, 3.05) is 17.7 Å². The molecule has 0 bridgehead atoms. The first-order chi connectivity index (χ1) is 10.5. The van der Waals surface area contributed by atoms with Gasteiger partial charge in [-0.15, -0.1) is 0 Å². The molecular formula is C16H18ClN3O2. The Kier molecular flexibility index (Phi) is 5.22. The Morgan fingerprint density at radius 2 is 2.14 bits per heavy atom. The summed E-state index contributed by atoms with van der Waals surface area (Å²) in [5, 5.41) is 6.16. The van der Waals surface area contributed by atoms with Crippen LogP contribution in [0.25, 0.3) is 0 Å². The van der Waals surface area contributed by atoms with Crippen LogP contribution >= 0.6 is 11.6 Å². The van der Waals surface area contributed by atoms with Crippen LogP contribution in [-0.4, -0.2) is 24.0 Å². The minimum atomic E-state index is -0.427. The molecule has 6 heteroatoms. The summed E-state index contributed by atoms with van der Waals surface area (Å²) in [6.45, 7) is 3.73. The highest BCUT2D eigenvalue weighted by Gasteiger charge is 2.14.